The van der Waals surface area contributed by atoms with Crippen LogP contribution in [-0.4, -0.2) is 29.3 Å². The Morgan fingerprint density at radius 3 is 3.06 bits per heavy atom. The fourth-order valence-electron chi connectivity index (χ4n) is 3.14. The lowest BCUT2D eigenvalue weighted by Gasteiger charge is -2.41. The van der Waals surface area contributed by atoms with Gasteiger partial charge in [-0.1, -0.05) is 6.07 Å². The summed E-state index contributed by atoms with van der Waals surface area (Å²) < 4.78 is 1.95. The van der Waals surface area contributed by atoms with Crippen molar-refractivity contribution in [2.75, 3.05) is 19.7 Å². The molecule has 2 atom stereocenters. The molecule has 4 heteroatoms. The van der Waals surface area contributed by atoms with Crippen molar-refractivity contribution in [3.8, 4) is 0 Å². The maximum Gasteiger partial charge on any atom is 0.250 e. The highest BCUT2D eigenvalue weighted by molar-refractivity contribution is 5.16. The lowest BCUT2D eigenvalue weighted by atomic mass is 9.84. The lowest BCUT2D eigenvalue weighted by molar-refractivity contribution is -0.182. The SMILES string of the molecule is CCON1C[C@H]2C[C@@H](C1)c1cccc(=O)n1C2. The van der Waals surface area contributed by atoms with Crippen molar-refractivity contribution in [3.63, 3.8) is 0 Å². The molecule has 0 spiro atoms. The maximum absolute atomic E-state index is 11.8. The largest absolute Gasteiger partial charge is 0.312 e. The molecule has 17 heavy (non-hydrogen) atoms. The highest BCUT2D eigenvalue weighted by Gasteiger charge is 2.34. The zero-order chi connectivity index (χ0) is 11.8. The number of hydrogen-bond donors (Lipinski definition) is 0. The number of hydroxylamine groups is 2. The third-order valence-electron chi connectivity index (χ3n) is 3.76. The van der Waals surface area contributed by atoms with E-state index in [1.54, 1.807) is 6.07 Å². The summed E-state index contributed by atoms with van der Waals surface area (Å²) >= 11 is 0. The molecular formula is C13H18N2O2. The maximum atomic E-state index is 11.8. The molecule has 0 aliphatic carbocycles. The molecule has 1 fully saturated rings. The number of nitrogens with zero attached hydrogens (tertiary/aromatic N) is 2. The van der Waals surface area contributed by atoms with E-state index in [4.69, 9.17) is 4.84 Å². The second-order valence-electron chi connectivity index (χ2n) is 4.96. The van der Waals surface area contributed by atoms with Gasteiger partial charge in [-0.3, -0.25) is 9.63 Å². The summed E-state index contributed by atoms with van der Waals surface area (Å²) in [5, 5.41) is 2.07. The van der Waals surface area contributed by atoms with E-state index in [2.05, 4.69) is 11.1 Å². The molecule has 1 saturated heterocycles. The fourth-order valence-corrected chi connectivity index (χ4v) is 3.14. The Balaban J connectivity index is 1.93. The summed E-state index contributed by atoms with van der Waals surface area (Å²) in [6, 6.07) is 5.61. The minimum absolute atomic E-state index is 0.141. The number of fused-ring (bicyclic) bond motifs is 4. The molecule has 92 valence electrons. The van der Waals surface area contributed by atoms with Gasteiger partial charge in [0.15, 0.2) is 0 Å². The van der Waals surface area contributed by atoms with Gasteiger partial charge in [-0.25, -0.2) is 0 Å². The van der Waals surface area contributed by atoms with Crippen molar-refractivity contribution in [2.45, 2.75) is 25.8 Å². The highest BCUT2D eigenvalue weighted by atomic mass is 16.7. The van der Waals surface area contributed by atoms with Crippen molar-refractivity contribution in [3.05, 3.63) is 34.2 Å². The van der Waals surface area contributed by atoms with Crippen LogP contribution in [-0.2, 0) is 11.4 Å². The first kappa shape index (κ1) is 11.0. The summed E-state index contributed by atoms with van der Waals surface area (Å²) in [7, 11) is 0. The van der Waals surface area contributed by atoms with Crippen molar-refractivity contribution in [1.29, 1.82) is 0 Å². The van der Waals surface area contributed by atoms with E-state index in [9.17, 15) is 4.79 Å². The normalized spacial score (nSPS) is 27.8. The average molecular weight is 234 g/mol. The van der Waals surface area contributed by atoms with Gasteiger partial charge in [0, 0.05) is 37.3 Å². The fraction of sp³-hybridized carbons (Fsp3) is 0.615. The minimum Gasteiger partial charge on any atom is -0.312 e. The molecule has 0 unspecified atom stereocenters. The van der Waals surface area contributed by atoms with Crippen LogP contribution in [0.3, 0.4) is 0 Å². The first-order chi connectivity index (χ1) is 8.28. The summed E-state index contributed by atoms with van der Waals surface area (Å²) in [6.07, 6.45) is 1.19. The van der Waals surface area contributed by atoms with E-state index in [1.165, 1.54) is 12.1 Å². The Hall–Kier alpha value is -1.13. The van der Waals surface area contributed by atoms with Gasteiger partial charge in [0.05, 0.1) is 6.61 Å². The van der Waals surface area contributed by atoms with Gasteiger partial charge >= 0.3 is 0 Å². The van der Waals surface area contributed by atoms with Gasteiger partial charge in [0.2, 0.25) is 0 Å². The zero-order valence-corrected chi connectivity index (χ0v) is 10.1. The lowest BCUT2D eigenvalue weighted by Crippen LogP contribution is -2.46. The predicted molar refractivity (Wildman–Crippen MR) is 64.7 cm³/mol. The molecule has 1 aromatic rings. The van der Waals surface area contributed by atoms with Gasteiger partial charge in [-0.05, 0) is 25.3 Å². The molecule has 3 rings (SSSR count). The number of rotatable bonds is 2. The second-order valence-corrected chi connectivity index (χ2v) is 4.96. The van der Waals surface area contributed by atoms with Gasteiger partial charge in [-0.15, -0.1) is 0 Å². The van der Waals surface area contributed by atoms with Crippen LogP contribution in [0.1, 0.15) is 25.0 Å². The van der Waals surface area contributed by atoms with Crippen LogP contribution < -0.4 is 5.56 Å². The summed E-state index contributed by atoms with van der Waals surface area (Å²) in [5.74, 6) is 0.996. The zero-order valence-electron chi connectivity index (χ0n) is 10.1. The van der Waals surface area contributed by atoms with E-state index in [1.807, 2.05) is 17.6 Å². The Morgan fingerprint density at radius 2 is 2.24 bits per heavy atom. The average Bonchev–Trinajstić information content (AvgIpc) is 2.31. The molecule has 0 amide bonds. The molecule has 0 saturated carbocycles. The van der Waals surface area contributed by atoms with Crippen molar-refractivity contribution in [1.82, 2.24) is 9.63 Å². The van der Waals surface area contributed by atoms with E-state index in [-0.39, 0.29) is 5.56 Å². The third kappa shape index (κ3) is 1.91. The van der Waals surface area contributed by atoms with Crippen molar-refractivity contribution >= 4 is 0 Å². The minimum atomic E-state index is 0.141. The molecule has 0 radical (unpaired) electrons. The number of piperidine rings is 1. The van der Waals surface area contributed by atoms with Crippen LogP contribution in [0.2, 0.25) is 0 Å². The molecule has 3 heterocycles. The molecular weight excluding hydrogens is 216 g/mol. The monoisotopic (exact) mass is 234 g/mol. The first-order valence-corrected chi connectivity index (χ1v) is 6.35. The Bertz CT molecular complexity index is 469. The summed E-state index contributed by atoms with van der Waals surface area (Å²) in [4.78, 5) is 17.4. The van der Waals surface area contributed by atoms with E-state index in [0.29, 0.717) is 11.8 Å². The molecule has 0 aromatic carbocycles. The number of pyridine rings is 1. The molecule has 4 nitrogen and oxygen atoms in total. The van der Waals surface area contributed by atoms with Crippen LogP contribution in [0.15, 0.2) is 23.0 Å². The van der Waals surface area contributed by atoms with Crippen LogP contribution in [0.4, 0.5) is 0 Å². The van der Waals surface area contributed by atoms with E-state index < -0.39 is 0 Å². The van der Waals surface area contributed by atoms with Crippen LogP contribution >= 0.6 is 0 Å². The van der Waals surface area contributed by atoms with E-state index in [0.717, 1.165) is 26.2 Å². The standard InChI is InChI=1S/C13H18N2O2/c1-2-17-14-7-10-6-11(9-14)12-4-3-5-13(16)15(12)8-10/h3-5,10-11H,2,6-9H2,1H3/t10-,11+/m1/s1. The van der Waals surface area contributed by atoms with Crippen LogP contribution in [0.25, 0.3) is 0 Å². The Labute approximate surface area is 101 Å². The quantitative estimate of drug-likeness (QED) is 0.771. The molecule has 0 N–H and O–H groups in total. The summed E-state index contributed by atoms with van der Waals surface area (Å²) in [6.45, 7) is 5.44. The highest BCUT2D eigenvalue weighted by Crippen LogP contribution is 2.34. The Morgan fingerprint density at radius 1 is 1.35 bits per heavy atom. The molecule has 2 bridgehead atoms. The molecule has 2 aliphatic heterocycles. The van der Waals surface area contributed by atoms with Crippen molar-refractivity contribution < 1.29 is 4.84 Å². The van der Waals surface area contributed by atoms with E-state index >= 15 is 0 Å². The van der Waals surface area contributed by atoms with Crippen LogP contribution in [0, 0.1) is 5.92 Å². The van der Waals surface area contributed by atoms with Crippen LogP contribution in [0.5, 0.6) is 0 Å². The summed E-state index contributed by atoms with van der Waals surface area (Å²) in [5.41, 5.74) is 1.32. The first-order valence-electron chi connectivity index (χ1n) is 6.35. The Kier molecular flexibility index (Phi) is 2.76. The van der Waals surface area contributed by atoms with Crippen molar-refractivity contribution in [2.24, 2.45) is 5.92 Å². The van der Waals surface area contributed by atoms with Gasteiger partial charge in [0.25, 0.3) is 5.56 Å². The second kappa shape index (κ2) is 4.27. The number of aromatic nitrogens is 1. The van der Waals surface area contributed by atoms with Gasteiger partial charge < -0.3 is 4.57 Å². The third-order valence-corrected chi connectivity index (χ3v) is 3.76. The van der Waals surface area contributed by atoms with Gasteiger partial charge in [0.1, 0.15) is 0 Å². The molecule has 1 aromatic heterocycles. The predicted octanol–water partition coefficient (Wildman–Crippen LogP) is 1.22. The smallest absolute Gasteiger partial charge is 0.250 e. The van der Waals surface area contributed by atoms with Gasteiger partial charge in [-0.2, -0.15) is 5.06 Å². The number of hydrogen-bond acceptors (Lipinski definition) is 3. The molecule has 2 aliphatic rings. The topological polar surface area (TPSA) is 34.5 Å².